The molecule has 12 heavy (non-hydrogen) atoms. The topological polar surface area (TPSA) is 58.2 Å². The lowest BCUT2D eigenvalue weighted by molar-refractivity contribution is 0.253. The molecule has 0 aromatic carbocycles. The van der Waals surface area contributed by atoms with E-state index in [-0.39, 0.29) is 12.6 Å². The van der Waals surface area contributed by atoms with Crippen molar-refractivity contribution in [1.82, 2.24) is 5.32 Å². The van der Waals surface area contributed by atoms with Crippen LogP contribution in [-0.2, 0) is 4.79 Å². The number of thiophene rings is 1. The number of urea groups is 1. The maximum atomic E-state index is 10.9. The SMILES string of the molecule is O=[C]CNC(=O)Nc1cccs1. The summed E-state index contributed by atoms with van der Waals surface area (Å²) in [7, 11) is 0. The molecule has 1 aromatic rings. The summed E-state index contributed by atoms with van der Waals surface area (Å²) >= 11 is 1.41. The van der Waals surface area contributed by atoms with Crippen LogP contribution in [0.3, 0.4) is 0 Å². The van der Waals surface area contributed by atoms with E-state index in [9.17, 15) is 9.59 Å². The summed E-state index contributed by atoms with van der Waals surface area (Å²) in [4.78, 5) is 20.6. The summed E-state index contributed by atoms with van der Waals surface area (Å²) in [5.74, 6) is 0. The molecule has 0 aliphatic rings. The van der Waals surface area contributed by atoms with Gasteiger partial charge in [0, 0.05) is 0 Å². The molecule has 1 heterocycles. The summed E-state index contributed by atoms with van der Waals surface area (Å²) in [5.41, 5.74) is 0. The van der Waals surface area contributed by atoms with Gasteiger partial charge in [0.1, 0.15) is 0 Å². The van der Waals surface area contributed by atoms with Gasteiger partial charge in [-0.05, 0) is 17.5 Å². The summed E-state index contributed by atoms with van der Waals surface area (Å²) < 4.78 is 0. The Morgan fingerprint density at radius 3 is 3.08 bits per heavy atom. The van der Waals surface area contributed by atoms with Crippen LogP contribution in [0.5, 0.6) is 0 Å². The predicted octanol–water partition coefficient (Wildman–Crippen LogP) is 0.979. The van der Waals surface area contributed by atoms with Crippen LogP contribution in [0.2, 0.25) is 0 Å². The molecule has 1 aromatic heterocycles. The molecule has 0 saturated carbocycles. The molecule has 0 unspecified atom stereocenters. The second kappa shape index (κ2) is 4.50. The molecule has 2 amide bonds. The van der Waals surface area contributed by atoms with E-state index >= 15 is 0 Å². The van der Waals surface area contributed by atoms with Gasteiger partial charge in [-0.3, -0.25) is 10.1 Å². The Morgan fingerprint density at radius 1 is 1.67 bits per heavy atom. The molecule has 0 atom stereocenters. The largest absolute Gasteiger partial charge is 0.330 e. The Bertz CT molecular complexity index is 258. The maximum absolute atomic E-state index is 10.9. The van der Waals surface area contributed by atoms with Crippen LogP contribution >= 0.6 is 11.3 Å². The van der Waals surface area contributed by atoms with Crippen LogP contribution < -0.4 is 10.6 Å². The molecule has 4 nitrogen and oxygen atoms in total. The minimum atomic E-state index is -0.388. The third-order valence-electron chi connectivity index (χ3n) is 1.08. The Hall–Kier alpha value is -1.36. The number of hydrogen-bond donors (Lipinski definition) is 2. The summed E-state index contributed by atoms with van der Waals surface area (Å²) in [6.45, 7) is -0.0861. The fraction of sp³-hybridized carbons (Fsp3) is 0.143. The van der Waals surface area contributed by atoms with E-state index in [4.69, 9.17) is 0 Å². The molecule has 2 N–H and O–H groups in total. The molecule has 0 aliphatic carbocycles. The normalized spacial score (nSPS) is 9.00. The standard InChI is InChI=1S/C7H7N2O2S/c10-4-3-8-7(11)9-6-2-1-5-12-6/h1-2,5H,3H2,(H2,8,9,11). The first-order valence-corrected chi connectivity index (χ1v) is 4.14. The average Bonchev–Trinajstić information content (AvgIpc) is 2.53. The van der Waals surface area contributed by atoms with Crippen molar-refractivity contribution >= 4 is 28.7 Å². The fourth-order valence-corrected chi connectivity index (χ4v) is 1.23. The van der Waals surface area contributed by atoms with Gasteiger partial charge in [-0.25, -0.2) is 4.79 Å². The van der Waals surface area contributed by atoms with Gasteiger partial charge in [-0.15, -0.1) is 11.3 Å². The Balaban J connectivity index is 2.32. The molecular formula is C7H7N2O2S. The lowest BCUT2D eigenvalue weighted by atomic mass is 10.6. The van der Waals surface area contributed by atoms with Crippen LogP contribution in [0.1, 0.15) is 0 Å². The van der Waals surface area contributed by atoms with Gasteiger partial charge < -0.3 is 5.32 Å². The summed E-state index contributed by atoms with van der Waals surface area (Å²) in [5, 5.41) is 7.45. The minimum Gasteiger partial charge on any atom is -0.330 e. The molecule has 1 rings (SSSR count). The first-order valence-electron chi connectivity index (χ1n) is 3.26. The van der Waals surface area contributed by atoms with Crippen molar-refractivity contribution in [3.63, 3.8) is 0 Å². The van der Waals surface area contributed by atoms with Crippen molar-refractivity contribution in [2.75, 3.05) is 11.9 Å². The number of anilines is 1. The van der Waals surface area contributed by atoms with E-state index in [1.54, 1.807) is 12.4 Å². The molecule has 0 saturated heterocycles. The first kappa shape index (κ1) is 8.73. The minimum absolute atomic E-state index is 0.0861. The van der Waals surface area contributed by atoms with Crippen molar-refractivity contribution in [3.8, 4) is 0 Å². The third-order valence-corrected chi connectivity index (χ3v) is 1.86. The second-order valence-corrected chi connectivity index (χ2v) is 2.88. The molecule has 5 heteroatoms. The molecule has 63 valence electrons. The quantitative estimate of drug-likeness (QED) is 0.733. The van der Waals surface area contributed by atoms with Crippen LogP contribution in [-0.4, -0.2) is 18.9 Å². The molecule has 0 bridgehead atoms. The first-order chi connectivity index (χ1) is 5.83. The summed E-state index contributed by atoms with van der Waals surface area (Å²) in [6.07, 6.45) is 1.56. The number of carbonyl (C=O) groups excluding carboxylic acids is 2. The van der Waals surface area contributed by atoms with Crippen molar-refractivity contribution in [1.29, 1.82) is 0 Å². The zero-order valence-electron chi connectivity index (χ0n) is 6.16. The van der Waals surface area contributed by atoms with Crippen molar-refractivity contribution in [2.45, 2.75) is 0 Å². The van der Waals surface area contributed by atoms with Crippen LogP contribution in [0.15, 0.2) is 17.5 Å². The monoisotopic (exact) mass is 183 g/mol. The Morgan fingerprint density at radius 2 is 2.50 bits per heavy atom. The van der Waals surface area contributed by atoms with E-state index in [2.05, 4.69) is 10.6 Å². The zero-order valence-corrected chi connectivity index (χ0v) is 6.98. The van der Waals surface area contributed by atoms with Crippen LogP contribution in [0.25, 0.3) is 0 Å². The van der Waals surface area contributed by atoms with Gasteiger partial charge in [0.2, 0.25) is 6.29 Å². The fourth-order valence-electron chi connectivity index (χ4n) is 0.622. The van der Waals surface area contributed by atoms with Crippen LogP contribution in [0.4, 0.5) is 9.80 Å². The van der Waals surface area contributed by atoms with Gasteiger partial charge in [0.25, 0.3) is 0 Å². The highest BCUT2D eigenvalue weighted by molar-refractivity contribution is 7.14. The van der Waals surface area contributed by atoms with E-state index < -0.39 is 0 Å². The molecule has 1 radical (unpaired) electrons. The lowest BCUT2D eigenvalue weighted by Crippen LogP contribution is -2.29. The van der Waals surface area contributed by atoms with E-state index in [1.165, 1.54) is 11.3 Å². The van der Waals surface area contributed by atoms with E-state index in [1.807, 2.05) is 11.4 Å². The van der Waals surface area contributed by atoms with Gasteiger partial charge in [0.05, 0.1) is 11.5 Å². The summed E-state index contributed by atoms with van der Waals surface area (Å²) in [6, 6.07) is 3.21. The van der Waals surface area contributed by atoms with Gasteiger partial charge in [-0.2, -0.15) is 0 Å². The number of rotatable bonds is 3. The highest BCUT2D eigenvalue weighted by Crippen LogP contribution is 2.14. The number of hydrogen-bond acceptors (Lipinski definition) is 3. The molecule has 0 spiro atoms. The third kappa shape index (κ3) is 2.71. The highest BCUT2D eigenvalue weighted by Gasteiger charge is 1.99. The Labute approximate surface area is 73.6 Å². The van der Waals surface area contributed by atoms with Gasteiger partial charge >= 0.3 is 6.03 Å². The van der Waals surface area contributed by atoms with Crippen LogP contribution in [0, 0.1) is 0 Å². The van der Waals surface area contributed by atoms with Gasteiger partial charge in [0.15, 0.2) is 0 Å². The molecule has 0 fully saturated rings. The smallest absolute Gasteiger partial charge is 0.320 e. The Kier molecular flexibility index (Phi) is 3.28. The van der Waals surface area contributed by atoms with Crippen molar-refractivity contribution in [3.05, 3.63) is 17.5 Å². The van der Waals surface area contributed by atoms with Gasteiger partial charge in [-0.1, -0.05) is 0 Å². The number of amides is 2. The second-order valence-electron chi connectivity index (χ2n) is 1.93. The molecule has 0 aliphatic heterocycles. The molecular weight excluding hydrogens is 176 g/mol. The highest BCUT2D eigenvalue weighted by atomic mass is 32.1. The number of carbonyl (C=O) groups is 1. The van der Waals surface area contributed by atoms with E-state index in [0.717, 1.165) is 5.00 Å². The van der Waals surface area contributed by atoms with E-state index in [0.29, 0.717) is 0 Å². The lowest BCUT2D eigenvalue weighted by Gasteiger charge is -2.00. The van der Waals surface area contributed by atoms with Crippen molar-refractivity contribution < 1.29 is 9.59 Å². The maximum Gasteiger partial charge on any atom is 0.320 e. The van der Waals surface area contributed by atoms with Crippen molar-refractivity contribution in [2.24, 2.45) is 0 Å². The predicted molar refractivity (Wildman–Crippen MR) is 47.0 cm³/mol. The zero-order chi connectivity index (χ0) is 8.81. The number of nitrogens with one attached hydrogen (secondary N) is 2. The average molecular weight is 183 g/mol.